The number of nitrogens with two attached hydrogens (primary N) is 2. The van der Waals surface area contributed by atoms with Crippen molar-refractivity contribution in [1.29, 1.82) is 0 Å². The van der Waals surface area contributed by atoms with Crippen molar-refractivity contribution in [2.45, 2.75) is 0 Å². The third-order valence-corrected chi connectivity index (χ3v) is 0.167. The maximum Gasteiger partial charge on any atom is 1.00 e. The maximum absolute atomic E-state index is 8.52. The normalized spacial score (nSPS) is 8.00. The van der Waals surface area contributed by atoms with Crippen LogP contribution in [0.5, 0.6) is 0 Å². The summed E-state index contributed by atoms with van der Waals surface area (Å²) in [5.74, 6) is 0. The van der Waals surface area contributed by atoms with Gasteiger partial charge in [-0.2, -0.15) is 0 Å². The molecule has 0 aliphatic heterocycles. The first-order chi connectivity index (χ1) is 3.91. The van der Waals surface area contributed by atoms with Crippen LogP contribution in [0.4, 0.5) is 0 Å². The molecule has 9 heteroatoms. The minimum absolute atomic E-state index is 0. The Bertz CT molecular complexity index is 127. The first-order valence-electron chi connectivity index (χ1n) is 1.98. The summed E-state index contributed by atoms with van der Waals surface area (Å²) in [6, 6.07) is 0. The van der Waals surface area contributed by atoms with E-state index in [0.717, 1.165) is 0 Å². The second kappa shape index (κ2) is 13.4. The number of hydrogen-bond donors (Lipinski definition) is 2. The molecule has 0 bridgehead atoms. The molecule has 0 aliphatic rings. The Kier molecular flexibility index (Phi) is 27.6. The van der Waals surface area contributed by atoms with Crippen molar-refractivity contribution >= 4 is 10.4 Å². The van der Waals surface area contributed by atoms with Crippen LogP contribution < -0.4 is 11.5 Å². The van der Waals surface area contributed by atoms with Gasteiger partial charge in [-0.05, 0) is 0 Å². The van der Waals surface area contributed by atoms with E-state index < -0.39 is 10.4 Å². The molecule has 0 amide bonds. The van der Waals surface area contributed by atoms with E-state index in [1.54, 1.807) is 0 Å². The van der Waals surface area contributed by atoms with Crippen LogP contribution in [0.15, 0.2) is 0 Å². The van der Waals surface area contributed by atoms with Crippen LogP contribution in [-0.2, 0) is 44.5 Å². The Morgan fingerprint density at radius 3 is 1.09 bits per heavy atom. The molecule has 0 spiro atoms. The monoisotopic (exact) mass is 282 g/mol. The zero-order valence-electron chi connectivity index (χ0n) is 5.21. The first kappa shape index (κ1) is 22.6. The molecule has 0 aromatic rings. The third kappa shape index (κ3) is 252. The summed E-state index contributed by atoms with van der Waals surface area (Å²) in [5.41, 5.74) is 9.81. The summed E-state index contributed by atoms with van der Waals surface area (Å²) in [7, 11) is -5.17. The van der Waals surface area contributed by atoms with Crippen LogP contribution in [0.25, 0.3) is 0 Å². The van der Waals surface area contributed by atoms with Gasteiger partial charge in [0.25, 0.3) is 0 Å². The van der Waals surface area contributed by atoms with Gasteiger partial charge in [-0.25, -0.2) is 0 Å². The van der Waals surface area contributed by atoms with E-state index in [1.807, 2.05) is 0 Å². The van der Waals surface area contributed by atoms with Gasteiger partial charge >= 0.3 is 34.1 Å². The van der Waals surface area contributed by atoms with Gasteiger partial charge in [-0.3, -0.25) is 8.42 Å². The van der Waals surface area contributed by atoms with Gasteiger partial charge in [0.15, 0.2) is 0 Å². The van der Waals surface area contributed by atoms with Gasteiger partial charge in [0.05, 0.1) is 0 Å². The molecule has 78 valence electrons. The fourth-order valence-corrected chi connectivity index (χ4v) is 0. The zero-order valence-corrected chi connectivity index (χ0v) is 7.91. The van der Waals surface area contributed by atoms with Gasteiger partial charge < -0.3 is 20.6 Å². The summed E-state index contributed by atoms with van der Waals surface area (Å²) in [6.07, 6.45) is 0. The Morgan fingerprint density at radius 1 is 1.00 bits per heavy atom. The number of rotatable bonds is 1. The van der Waals surface area contributed by atoms with Crippen molar-refractivity contribution in [2.75, 3.05) is 13.1 Å². The van der Waals surface area contributed by atoms with E-state index in [4.69, 9.17) is 29.0 Å². The summed E-state index contributed by atoms with van der Waals surface area (Å²) in [4.78, 5) is 0. The molecule has 0 aliphatic carbocycles. The van der Waals surface area contributed by atoms with Gasteiger partial charge in [0.2, 0.25) is 0 Å². The van der Waals surface area contributed by atoms with Crippen molar-refractivity contribution in [3.05, 3.63) is 0 Å². The molecule has 0 radical (unpaired) electrons. The molecule has 11 heavy (non-hydrogen) atoms. The van der Waals surface area contributed by atoms with Crippen LogP contribution >= 0.6 is 0 Å². The summed E-state index contributed by atoms with van der Waals surface area (Å²) in [5, 5.41) is 0. The first-order valence-corrected chi connectivity index (χ1v) is 3.32. The summed E-state index contributed by atoms with van der Waals surface area (Å²) >= 11 is 0. The van der Waals surface area contributed by atoms with Crippen molar-refractivity contribution < 1.29 is 51.7 Å². The van der Waals surface area contributed by atoms with Crippen LogP contribution in [0.1, 0.15) is 0 Å². The molecular formula is C2H8Cu2N2O4S. The summed E-state index contributed by atoms with van der Waals surface area (Å²) < 4.78 is 34.1. The van der Waals surface area contributed by atoms with E-state index in [1.165, 1.54) is 0 Å². The second-order valence-electron chi connectivity index (χ2n) is 0.986. The standard InChI is InChI=1S/C2H8N2.2Cu.H2O4S/c3-1-2-4;;;1-5(2,3)4/h1-4H2;;;(H2,1,2,3,4)/q;2*+1;/p-2. The minimum Gasteiger partial charge on any atom is -0.759 e. The Balaban J connectivity index is -0.0000000383. The van der Waals surface area contributed by atoms with Crippen LogP contribution in [0.3, 0.4) is 0 Å². The molecule has 0 aromatic carbocycles. The van der Waals surface area contributed by atoms with E-state index in [9.17, 15) is 0 Å². The van der Waals surface area contributed by atoms with E-state index in [0.29, 0.717) is 13.1 Å². The fourth-order valence-electron chi connectivity index (χ4n) is 0. The molecule has 4 N–H and O–H groups in total. The maximum atomic E-state index is 8.52. The Hall–Kier alpha value is 0.829. The predicted molar refractivity (Wildman–Crippen MR) is 28.6 cm³/mol. The second-order valence-corrected chi connectivity index (χ2v) is 1.80. The van der Waals surface area contributed by atoms with E-state index in [2.05, 4.69) is 0 Å². The average Bonchev–Trinajstić information content (AvgIpc) is 1.61. The molecule has 0 fully saturated rings. The minimum atomic E-state index is -5.17. The molecule has 0 saturated heterocycles. The average molecular weight is 283 g/mol. The fraction of sp³-hybridized carbons (Fsp3) is 1.00. The molecule has 6 nitrogen and oxygen atoms in total. The summed E-state index contributed by atoms with van der Waals surface area (Å²) in [6.45, 7) is 1.19. The van der Waals surface area contributed by atoms with E-state index in [-0.39, 0.29) is 34.1 Å². The van der Waals surface area contributed by atoms with Crippen molar-refractivity contribution in [1.82, 2.24) is 0 Å². The Morgan fingerprint density at radius 2 is 1.09 bits per heavy atom. The van der Waals surface area contributed by atoms with Crippen LogP contribution in [-0.4, -0.2) is 30.6 Å². The molecule has 0 saturated carbocycles. The molecule has 0 unspecified atom stereocenters. The Labute approximate surface area is 86.6 Å². The zero-order chi connectivity index (χ0) is 7.91. The van der Waals surface area contributed by atoms with Crippen LogP contribution in [0, 0.1) is 0 Å². The van der Waals surface area contributed by atoms with Gasteiger partial charge in [-0.1, -0.05) is 0 Å². The van der Waals surface area contributed by atoms with Gasteiger partial charge in [0, 0.05) is 23.5 Å². The topological polar surface area (TPSA) is 132 Å². The van der Waals surface area contributed by atoms with Gasteiger partial charge in [-0.15, -0.1) is 0 Å². The third-order valence-electron chi connectivity index (χ3n) is 0.167. The smallest absolute Gasteiger partial charge is 0.759 e. The molecule has 0 atom stereocenters. The SMILES string of the molecule is NCCN.O=S(=O)([O-])[O-].[Cu+].[Cu+]. The van der Waals surface area contributed by atoms with E-state index >= 15 is 0 Å². The predicted octanol–water partition coefficient (Wildman–Crippen LogP) is -2.44. The van der Waals surface area contributed by atoms with Crippen molar-refractivity contribution in [3.63, 3.8) is 0 Å². The molecule has 0 rings (SSSR count). The molecule has 0 aromatic heterocycles. The van der Waals surface area contributed by atoms with Crippen LogP contribution in [0.2, 0.25) is 0 Å². The van der Waals surface area contributed by atoms with Crippen molar-refractivity contribution in [3.8, 4) is 0 Å². The number of hydrogen-bond acceptors (Lipinski definition) is 6. The van der Waals surface area contributed by atoms with Crippen molar-refractivity contribution in [2.24, 2.45) is 11.5 Å². The molecular weight excluding hydrogens is 275 g/mol. The molecule has 0 heterocycles. The largest absolute Gasteiger partial charge is 1.00 e. The quantitative estimate of drug-likeness (QED) is 0.312. The van der Waals surface area contributed by atoms with Gasteiger partial charge in [0.1, 0.15) is 0 Å².